The van der Waals surface area contributed by atoms with Crippen LogP contribution in [0.15, 0.2) is 48.5 Å². The lowest BCUT2D eigenvalue weighted by atomic mass is 10.1. The van der Waals surface area contributed by atoms with Crippen molar-refractivity contribution in [2.45, 2.75) is 12.8 Å². The van der Waals surface area contributed by atoms with E-state index in [2.05, 4.69) is 10.6 Å². The molecule has 0 unspecified atom stereocenters. The molecular formula is C18H21FN2O2. The van der Waals surface area contributed by atoms with Crippen molar-refractivity contribution >= 4 is 6.03 Å². The highest BCUT2D eigenvalue weighted by atomic mass is 19.1. The van der Waals surface area contributed by atoms with E-state index in [0.29, 0.717) is 19.5 Å². The maximum atomic E-state index is 13.0. The first-order chi connectivity index (χ1) is 11.2. The van der Waals surface area contributed by atoms with Crippen LogP contribution < -0.4 is 15.4 Å². The molecule has 0 radical (unpaired) electrons. The predicted molar refractivity (Wildman–Crippen MR) is 88.2 cm³/mol. The van der Waals surface area contributed by atoms with Gasteiger partial charge in [0.05, 0.1) is 7.11 Å². The van der Waals surface area contributed by atoms with Gasteiger partial charge >= 0.3 is 6.03 Å². The maximum absolute atomic E-state index is 13.0. The largest absolute Gasteiger partial charge is 0.497 e. The number of methoxy groups -OCH3 is 1. The van der Waals surface area contributed by atoms with Crippen LogP contribution in [-0.4, -0.2) is 26.2 Å². The second-order valence-corrected chi connectivity index (χ2v) is 5.16. The van der Waals surface area contributed by atoms with Gasteiger partial charge in [0.2, 0.25) is 0 Å². The van der Waals surface area contributed by atoms with Gasteiger partial charge in [-0.25, -0.2) is 9.18 Å². The van der Waals surface area contributed by atoms with Crippen molar-refractivity contribution in [3.8, 4) is 5.75 Å². The summed E-state index contributed by atoms with van der Waals surface area (Å²) in [5, 5.41) is 5.56. The molecule has 5 heteroatoms. The van der Waals surface area contributed by atoms with Gasteiger partial charge in [-0.15, -0.1) is 0 Å². The molecule has 4 nitrogen and oxygen atoms in total. The van der Waals surface area contributed by atoms with Crippen molar-refractivity contribution < 1.29 is 13.9 Å². The summed E-state index contributed by atoms with van der Waals surface area (Å²) in [6.07, 6.45) is 1.33. The van der Waals surface area contributed by atoms with Gasteiger partial charge in [-0.3, -0.25) is 0 Å². The van der Waals surface area contributed by atoms with E-state index in [4.69, 9.17) is 4.74 Å². The van der Waals surface area contributed by atoms with Gasteiger partial charge in [0.1, 0.15) is 11.6 Å². The van der Waals surface area contributed by atoms with Crippen LogP contribution in [0.25, 0.3) is 0 Å². The first-order valence-corrected chi connectivity index (χ1v) is 7.56. The quantitative estimate of drug-likeness (QED) is 0.825. The average Bonchev–Trinajstić information content (AvgIpc) is 2.55. The maximum Gasteiger partial charge on any atom is 0.314 e. The molecule has 0 bridgehead atoms. The molecule has 0 saturated carbocycles. The summed E-state index contributed by atoms with van der Waals surface area (Å²) in [4.78, 5) is 11.7. The molecule has 23 heavy (non-hydrogen) atoms. The van der Waals surface area contributed by atoms with E-state index in [0.717, 1.165) is 23.3 Å². The summed E-state index contributed by atoms with van der Waals surface area (Å²) >= 11 is 0. The highest BCUT2D eigenvalue weighted by Gasteiger charge is 2.01. The van der Waals surface area contributed by atoms with Crippen LogP contribution in [0.1, 0.15) is 11.1 Å². The highest BCUT2D eigenvalue weighted by Crippen LogP contribution is 2.12. The molecule has 122 valence electrons. The van der Waals surface area contributed by atoms with Crippen LogP contribution in [0.4, 0.5) is 9.18 Å². The van der Waals surface area contributed by atoms with Gasteiger partial charge in [-0.1, -0.05) is 24.3 Å². The molecule has 0 saturated heterocycles. The monoisotopic (exact) mass is 316 g/mol. The third-order valence-corrected chi connectivity index (χ3v) is 3.42. The van der Waals surface area contributed by atoms with Gasteiger partial charge in [0.15, 0.2) is 0 Å². The molecule has 0 spiro atoms. The molecule has 2 amide bonds. The Morgan fingerprint density at radius 2 is 1.61 bits per heavy atom. The van der Waals surface area contributed by atoms with Gasteiger partial charge in [0.25, 0.3) is 0 Å². The Hall–Kier alpha value is -2.56. The molecule has 0 heterocycles. The number of halogens is 1. The number of ether oxygens (including phenoxy) is 1. The predicted octanol–water partition coefficient (Wildman–Crippen LogP) is 2.92. The van der Waals surface area contributed by atoms with E-state index in [1.54, 1.807) is 13.2 Å². The summed E-state index contributed by atoms with van der Waals surface area (Å²) in [5.74, 6) is 0.548. The zero-order chi connectivity index (χ0) is 16.5. The topological polar surface area (TPSA) is 50.4 Å². The third kappa shape index (κ3) is 5.98. The minimum absolute atomic E-state index is 0.218. The number of rotatable bonds is 7. The summed E-state index contributed by atoms with van der Waals surface area (Å²) in [6.45, 7) is 1.01. The van der Waals surface area contributed by atoms with Gasteiger partial charge < -0.3 is 15.4 Å². The van der Waals surface area contributed by atoms with Crippen molar-refractivity contribution in [1.29, 1.82) is 0 Å². The Kier molecular flexibility index (Phi) is 6.41. The molecule has 0 atom stereocenters. The molecule has 0 fully saturated rings. The van der Waals surface area contributed by atoms with Crippen LogP contribution in [0, 0.1) is 5.82 Å². The van der Waals surface area contributed by atoms with Gasteiger partial charge in [-0.2, -0.15) is 0 Å². The fraction of sp³-hybridized carbons (Fsp3) is 0.278. The normalized spacial score (nSPS) is 10.2. The summed E-state index contributed by atoms with van der Waals surface area (Å²) in [7, 11) is 1.63. The lowest BCUT2D eigenvalue weighted by Gasteiger charge is -2.08. The van der Waals surface area contributed by atoms with Gasteiger partial charge in [-0.05, 0) is 48.2 Å². The van der Waals surface area contributed by atoms with E-state index >= 15 is 0 Å². The Morgan fingerprint density at radius 3 is 2.22 bits per heavy atom. The fourth-order valence-corrected chi connectivity index (χ4v) is 2.22. The molecular weight excluding hydrogens is 295 g/mol. The Morgan fingerprint density at radius 1 is 1.00 bits per heavy atom. The zero-order valence-electron chi connectivity index (χ0n) is 13.1. The number of carbonyl (C=O) groups is 1. The number of amides is 2. The van der Waals surface area contributed by atoms with Crippen LogP contribution in [0.5, 0.6) is 5.75 Å². The highest BCUT2D eigenvalue weighted by molar-refractivity contribution is 5.73. The second-order valence-electron chi connectivity index (χ2n) is 5.16. The number of carbonyl (C=O) groups excluding carboxylic acids is 1. The molecule has 2 aromatic rings. The van der Waals surface area contributed by atoms with Gasteiger partial charge in [0, 0.05) is 13.1 Å². The fourth-order valence-electron chi connectivity index (χ4n) is 2.22. The molecule has 2 N–H and O–H groups in total. The standard InChI is InChI=1S/C18H21FN2O2/c1-23-17-7-3-5-15(13-17)9-11-21-18(22)20-10-8-14-4-2-6-16(19)12-14/h2-7,12-13H,8-11H2,1H3,(H2,20,21,22). The summed E-state index contributed by atoms with van der Waals surface area (Å²) in [6, 6.07) is 13.9. The molecule has 2 aromatic carbocycles. The van der Waals surface area contributed by atoms with Crippen molar-refractivity contribution in [2.24, 2.45) is 0 Å². The van der Waals surface area contributed by atoms with Crippen LogP contribution in [-0.2, 0) is 12.8 Å². The summed E-state index contributed by atoms with van der Waals surface area (Å²) < 4.78 is 18.2. The second kappa shape index (κ2) is 8.78. The average molecular weight is 316 g/mol. The SMILES string of the molecule is COc1cccc(CCNC(=O)NCCc2cccc(F)c2)c1. The van der Waals surface area contributed by atoms with Crippen molar-refractivity contribution in [2.75, 3.05) is 20.2 Å². The number of nitrogens with one attached hydrogen (secondary N) is 2. The molecule has 0 aliphatic rings. The van der Waals surface area contributed by atoms with Crippen molar-refractivity contribution in [3.05, 3.63) is 65.5 Å². The molecule has 0 aromatic heterocycles. The minimum atomic E-state index is -0.259. The number of benzene rings is 2. The van der Waals surface area contributed by atoms with E-state index in [-0.39, 0.29) is 11.8 Å². The van der Waals surface area contributed by atoms with E-state index < -0.39 is 0 Å². The number of urea groups is 1. The zero-order valence-corrected chi connectivity index (χ0v) is 13.1. The minimum Gasteiger partial charge on any atom is -0.497 e. The molecule has 2 rings (SSSR count). The number of hydrogen-bond donors (Lipinski definition) is 2. The summed E-state index contributed by atoms with van der Waals surface area (Å²) in [5.41, 5.74) is 1.96. The molecule has 0 aliphatic carbocycles. The van der Waals surface area contributed by atoms with Crippen molar-refractivity contribution in [3.63, 3.8) is 0 Å². The Balaban J connectivity index is 1.65. The van der Waals surface area contributed by atoms with Crippen LogP contribution in [0.3, 0.4) is 0 Å². The smallest absolute Gasteiger partial charge is 0.314 e. The third-order valence-electron chi connectivity index (χ3n) is 3.42. The first-order valence-electron chi connectivity index (χ1n) is 7.56. The van der Waals surface area contributed by atoms with Crippen LogP contribution >= 0.6 is 0 Å². The van der Waals surface area contributed by atoms with E-state index in [1.165, 1.54) is 12.1 Å². The Labute approximate surface area is 135 Å². The first kappa shape index (κ1) is 16.8. The number of hydrogen-bond acceptors (Lipinski definition) is 2. The lowest BCUT2D eigenvalue weighted by molar-refractivity contribution is 0.241. The Bertz CT molecular complexity index is 646. The molecule has 0 aliphatic heterocycles. The van der Waals surface area contributed by atoms with Crippen LogP contribution in [0.2, 0.25) is 0 Å². The lowest BCUT2D eigenvalue weighted by Crippen LogP contribution is -2.37. The van der Waals surface area contributed by atoms with E-state index in [9.17, 15) is 9.18 Å². The van der Waals surface area contributed by atoms with E-state index in [1.807, 2.05) is 30.3 Å². The van der Waals surface area contributed by atoms with Crippen molar-refractivity contribution in [1.82, 2.24) is 10.6 Å².